The third-order valence-electron chi connectivity index (χ3n) is 5.79. The monoisotopic (exact) mass is 447 g/mol. The molecule has 1 N–H and O–H groups in total. The fourth-order valence-corrected chi connectivity index (χ4v) is 4.13. The van der Waals surface area contributed by atoms with Crippen LogP contribution in [0.4, 0.5) is 0 Å². The highest BCUT2D eigenvalue weighted by molar-refractivity contribution is 6.46. The summed E-state index contributed by atoms with van der Waals surface area (Å²) in [5.74, 6) is 0.515. The minimum Gasteiger partial charge on any atom is -0.507 e. The van der Waals surface area contributed by atoms with Crippen molar-refractivity contribution in [2.24, 2.45) is 0 Å². The summed E-state index contributed by atoms with van der Waals surface area (Å²) in [6.45, 7) is 3.69. The summed E-state index contributed by atoms with van der Waals surface area (Å²) in [6.07, 6.45) is 0. The number of hydrogen-bond donors (Lipinski definition) is 1. The third-order valence-corrected chi connectivity index (χ3v) is 5.79. The van der Waals surface area contributed by atoms with E-state index in [0.717, 1.165) is 5.56 Å². The van der Waals surface area contributed by atoms with Crippen LogP contribution in [0.25, 0.3) is 5.76 Å². The molecule has 1 amide bonds. The number of hydrogen-bond acceptors (Lipinski definition) is 6. The minimum atomic E-state index is -0.884. The Hall–Kier alpha value is -4.00. The maximum absolute atomic E-state index is 13.2. The molecule has 33 heavy (non-hydrogen) atoms. The molecule has 7 nitrogen and oxygen atoms in total. The average Bonchev–Trinajstić information content (AvgIpc) is 3.35. The lowest BCUT2D eigenvalue weighted by Crippen LogP contribution is -2.29. The van der Waals surface area contributed by atoms with Crippen LogP contribution >= 0.6 is 0 Å². The van der Waals surface area contributed by atoms with Crippen LogP contribution in [-0.2, 0) is 16.1 Å². The molecule has 1 atom stereocenters. The summed E-state index contributed by atoms with van der Waals surface area (Å²) in [5.41, 5.74) is 1.87. The van der Waals surface area contributed by atoms with Crippen LogP contribution in [0.15, 0.2) is 64.6 Å². The Balaban J connectivity index is 1.87. The maximum atomic E-state index is 13.2. The molecule has 2 heterocycles. The van der Waals surface area contributed by atoms with Crippen LogP contribution in [0, 0.1) is 13.8 Å². The number of benzene rings is 2. The number of Topliss-reactive ketones (excluding diaryl/α,β-unsaturated/α-hetero) is 1. The van der Waals surface area contributed by atoms with E-state index in [9.17, 15) is 14.7 Å². The molecule has 4 rings (SSSR count). The first-order valence-electron chi connectivity index (χ1n) is 10.5. The lowest BCUT2D eigenvalue weighted by molar-refractivity contribution is -0.140. The second kappa shape index (κ2) is 8.86. The lowest BCUT2D eigenvalue weighted by atomic mass is 9.96. The second-order valence-electron chi connectivity index (χ2n) is 7.87. The first-order valence-corrected chi connectivity index (χ1v) is 10.5. The number of ether oxygens (including phenoxy) is 2. The molecule has 1 unspecified atom stereocenters. The number of aliphatic hydroxyl groups excluding tert-OH is 1. The maximum Gasteiger partial charge on any atom is 0.296 e. The molecule has 1 aliphatic rings. The molecule has 2 aromatic carbocycles. The zero-order chi connectivity index (χ0) is 23.7. The van der Waals surface area contributed by atoms with Crippen molar-refractivity contribution in [3.05, 3.63) is 88.4 Å². The minimum absolute atomic E-state index is 0.0162. The summed E-state index contributed by atoms with van der Waals surface area (Å²) in [4.78, 5) is 27.8. The highest BCUT2D eigenvalue weighted by atomic mass is 16.5. The van der Waals surface area contributed by atoms with Crippen molar-refractivity contribution < 1.29 is 28.6 Å². The van der Waals surface area contributed by atoms with Crippen LogP contribution < -0.4 is 9.47 Å². The zero-order valence-electron chi connectivity index (χ0n) is 18.9. The van der Waals surface area contributed by atoms with Gasteiger partial charge in [-0.05, 0) is 55.8 Å². The highest BCUT2D eigenvalue weighted by Crippen LogP contribution is 2.42. The standard InChI is InChI=1S/C26H25NO6/c1-15-13-18(31-3)10-11-19(15)24(28)22-23(21-12-9-16(2)33-21)27(26(30)25(22)29)14-17-7-5-6-8-20(17)32-4/h5-13,23,28H,14H2,1-4H3/b24-22+. The Kier molecular flexibility index (Phi) is 5.96. The number of rotatable bonds is 6. The molecule has 1 fully saturated rings. The molecule has 0 spiro atoms. The van der Waals surface area contributed by atoms with Gasteiger partial charge in [0.2, 0.25) is 0 Å². The number of furan rings is 1. The average molecular weight is 447 g/mol. The van der Waals surface area contributed by atoms with Crippen molar-refractivity contribution in [3.63, 3.8) is 0 Å². The Bertz CT molecular complexity index is 1260. The molecule has 1 aromatic heterocycles. The summed E-state index contributed by atoms with van der Waals surface area (Å²) in [7, 11) is 3.10. The Morgan fingerprint density at radius 3 is 2.42 bits per heavy atom. The predicted molar refractivity (Wildman–Crippen MR) is 122 cm³/mol. The largest absolute Gasteiger partial charge is 0.507 e. The summed E-state index contributed by atoms with van der Waals surface area (Å²) in [5, 5.41) is 11.2. The number of amides is 1. The van der Waals surface area contributed by atoms with E-state index >= 15 is 0 Å². The number of methoxy groups -OCH3 is 2. The van der Waals surface area contributed by atoms with Gasteiger partial charge in [-0.25, -0.2) is 0 Å². The molecule has 0 radical (unpaired) electrons. The van der Waals surface area contributed by atoms with Crippen molar-refractivity contribution in [2.45, 2.75) is 26.4 Å². The lowest BCUT2D eigenvalue weighted by Gasteiger charge is -2.24. The van der Waals surface area contributed by atoms with Gasteiger partial charge in [0, 0.05) is 11.1 Å². The van der Waals surface area contributed by atoms with Gasteiger partial charge in [0.15, 0.2) is 0 Å². The van der Waals surface area contributed by atoms with Crippen LogP contribution in [0.1, 0.15) is 34.3 Å². The van der Waals surface area contributed by atoms with Gasteiger partial charge >= 0.3 is 0 Å². The quantitative estimate of drug-likeness (QED) is 0.339. The Morgan fingerprint density at radius 1 is 1.03 bits per heavy atom. The van der Waals surface area contributed by atoms with Crippen molar-refractivity contribution >= 4 is 17.4 Å². The number of likely N-dealkylation sites (tertiary alicyclic amines) is 1. The number of aryl methyl sites for hydroxylation is 2. The van der Waals surface area contributed by atoms with Gasteiger partial charge in [0.1, 0.15) is 34.8 Å². The predicted octanol–water partition coefficient (Wildman–Crippen LogP) is 4.54. The number of nitrogens with zero attached hydrogens (tertiary/aromatic N) is 1. The molecule has 7 heteroatoms. The van der Waals surface area contributed by atoms with Crippen molar-refractivity contribution in [3.8, 4) is 11.5 Å². The van der Waals surface area contributed by atoms with E-state index in [1.54, 1.807) is 64.5 Å². The van der Waals surface area contributed by atoms with E-state index in [0.29, 0.717) is 34.1 Å². The Morgan fingerprint density at radius 2 is 1.79 bits per heavy atom. The van der Waals surface area contributed by atoms with E-state index in [1.807, 2.05) is 18.2 Å². The van der Waals surface area contributed by atoms with Gasteiger partial charge in [-0.15, -0.1) is 0 Å². The van der Waals surface area contributed by atoms with Crippen molar-refractivity contribution in [1.29, 1.82) is 0 Å². The smallest absolute Gasteiger partial charge is 0.296 e. The number of carbonyl (C=O) groups excluding carboxylic acids is 2. The molecule has 3 aromatic rings. The summed E-state index contributed by atoms with van der Waals surface area (Å²) >= 11 is 0. The number of ketones is 1. The van der Waals surface area contributed by atoms with Gasteiger partial charge in [0.05, 0.1) is 26.3 Å². The van der Waals surface area contributed by atoms with E-state index in [-0.39, 0.29) is 17.9 Å². The van der Waals surface area contributed by atoms with Crippen LogP contribution in [0.3, 0.4) is 0 Å². The molecule has 1 saturated heterocycles. The van der Waals surface area contributed by atoms with Crippen LogP contribution in [0.5, 0.6) is 11.5 Å². The first kappa shape index (κ1) is 22.2. The fraction of sp³-hybridized carbons (Fsp3) is 0.231. The van der Waals surface area contributed by atoms with Gasteiger partial charge in [-0.2, -0.15) is 0 Å². The van der Waals surface area contributed by atoms with Gasteiger partial charge in [0.25, 0.3) is 11.7 Å². The molecule has 1 aliphatic heterocycles. The van der Waals surface area contributed by atoms with Crippen molar-refractivity contribution in [1.82, 2.24) is 4.90 Å². The van der Waals surface area contributed by atoms with E-state index < -0.39 is 17.7 Å². The van der Waals surface area contributed by atoms with Crippen molar-refractivity contribution in [2.75, 3.05) is 14.2 Å². The SMILES string of the molecule is COc1ccc(/C(O)=C2\C(=O)C(=O)N(Cc3ccccc3OC)C2c2ccc(C)o2)c(C)c1. The molecular formula is C26H25NO6. The topological polar surface area (TPSA) is 89.2 Å². The Labute approximate surface area is 191 Å². The second-order valence-corrected chi connectivity index (χ2v) is 7.87. The van der Waals surface area contributed by atoms with E-state index in [4.69, 9.17) is 13.9 Å². The molecule has 0 aliphatic carbocycles. The fourth-order valence-electron chi connectivity index (χ4n) is 4.13. The highest BCUT2D eigenvalue weighted by Gasteiger charge is 2.47. The van der Waals surface area contributed by atoms with Gasteiger partial charge in [-0.3, -0.25) is 9.59 Å². The zero-order valence-corrected chi connectivity index (χ0v) is 18.9. The van der Waals surface area contributed by atoms with Crippen LogP contribution in [-0.4, -0.2) is 35.9 Å². The molecular weight excluding hydrogens is 422 g/mol. The third kappa shape index (κ3) is 3.98. The number of para-hydroxylation sites is 1. The molecule has 0 bridgehead atoms. The number of carbonyl (C=O) groups is 2. The molecule has 170 valence electrons. The normalized spacial score (nSPS) is 17.5. The first-order chi connectivity index (χ1) is 15.8. The van der Waals surface area contributed by atoms with E-state index in [1.165, 1.54) is 4.90 Å². The van der Waals surface area contributed by atoms with Crippen LogP contribution in [0.2, 0.25) is 0 Å². The molecule has 0 saturated carbocycles. The van der Waals surface area contributed by atoms with E-state index in [2.05, 4.69) is 0 Å². The van der Waals surface area contributed by atoms with Gasteiger partial charge in [-0.1, -0.05) is 18.2 Å². The summed E-state index contributed by atoms with van der Waals surface area (Å²) < 4.78 is 16.5. The number of aliphatic hydroxyl groups is 1. The summed E-state index contributed by atoms with van der Waals surface area (Å²) in [6, 6.07) is 15.0. The van der Waals surface area contributed by atoms with Gasteiger partial charge < -0.3 is 23.9 Å².